The van der Waals surface area contributed by atoms with Gasteiger partial charge in [-0.15, -0.1) is 16.7 Å². The largest absolute Gasteiger partial charge is 0.364 e. The topological polar surface area (TPSA) is 143 Å². The van der Waals surface area contributed by atoms with Crippen LogP contribution >= 0.6 is 11.6 Å². The zero-order valence-corrected chi connectivity index (χ0v) is 11.1. The Kier molecular flexibility index (Phi) is 5.33. The van der Waals surface area contributed by atoms with E-state index in [2.05, 4.69) is 5.10 Å². The van der Waals surface area contributed by atoms with Gasteiger partial charge in [0.1, 0.15) is 11.9 Å². The SMILES string of the molecule is N#CC(=NN(C(=O)CCl)c1ccc([N+](=O)[O-])cc1)C(N)=O. The van der Waals surface area contributed by atoms with E-state index < -0.39 is 28.3 Å². The summed E-state index contributed by atoms with van der Waals surface area (Å²) in [6.45, 7) is 0. The molecule has 0 aromatic heterocycles. The number of nitrogens with zero attached hydrogens (tertiary/aromatic N) is 4. The number of non-ortho nitro benzene ring substituents is 1. The Balaban J connectivity index is 3.26. The second-order valence-corrected chi connectivity index (χ2v) is 3.80. The molecule has 10 heteroatoms. The number of hydrogen-bond acceptors (Lipinski definition) is 6. The van der Waals surface area contributed by atoms with Gasteiger partial charge in [0.25, 0.3) is 17.5 Å². The Morgan fingerprint density at radius 1 is 1.43 bits per heavy atom. The molecule has 0 unspecified atom stereocenters. The number of nitro benzene ring substituents is 1. The van der Waals surface area contributed by atoms with Crippen molar-refractivity contribution in [3.05, 3.63) is 34.4 Å². The summed E-state index contributed by atoms with van der Waals surface area (Å²) in [7, 11) is 0. The van der Waals surface area contributed by atoms with Crippen LogP contribution in [0.15, 0.2) is 29.4 Å². The maximum atomic E-state index is 11.7. The van der Waals surface area contributed by atoms with Gasteiger partial charge >= 0.3 is 0 Å². The molecule has 0 atom stereocenters. The number of carbonyl (C=O) groups is 2. The molecule has 0 bridgehead atoms. The molecule has 0 radical (unpaired) electrons. The molecule has 0 aliphatic carbocycles. The van der Waals surface area contributed by atoms with E-state index in [0.717, 1.165) is 12.1 Å². The van der Waals surface area contributed by atoms with E-state index in [4.69, 9.17) is 22.6 Å². The molecule has 1 aromatic carbocycles. The van der Waals surface area contributed by atoms with Gasteiger partial charge in [-0.2, -0.15) is 10.3 Å². The summed E-state index contributed by atoms with van der Waals surface area (Å²) in [5, 5.41) is 23.5. The van der Waals surface area contributed by atoms with Gasteiger partial charge in [0.05, 0.1) is 10.6 Å². The zero-order chi connectivity index (χ0) is 16.0. The highest BCUT2D eigenvalue weighted by molar-refractivity contribution is 6.45. The Morgan fingerprint density at radius 2 is 2.00 bits per heavy atom. The molecule has 0 fully saturated rings. The fourth-order valence-corrected chi connectivity index (χ4v) is 1.37. The predicted octanol–water partition coefficient (Wildman–Crippen LogP) is 0.531. The van der Waals surface area contributed by atoms with Gasteiger partial charge in [0.15, 0.2) is 0 Å². The Hall–Kier alpha value is -2.99. The second-order valence-electron chi connectivity index (χ2n) is 3.54. The summed E-state index contributed by atoms with van der Waals surface area (Å²) < 4.78 is 0. The fraction of sp³-hybridized carbons (Fsp3) is 0.0909. The normalized spacial score (nSPS) is 10.6. The minimum Gasteiger partial charge on any atom is -0.364 e. The molecule has 2 amide bonds. The first kappa shape index (κ1) is 16.1. The number of rotatable bonds is 5. The van der Waals surface area contributed by atoms with E-state index in [1.54, 1.807) is 0 Å². The first-order valence-electron chi connectivity index (χ1n) is 5.32. The number of nitro groups is 1. The summed E-state index contributed by atoms with van der Waals surface area (Å²) in [5.41, 5.74) is 4.12. The van der Waals surface area contributed by atoms with Crippen molar-refractivity contribution in [1.82, 2.24) is 0 Å². The molecule has 0 saturated carbocycles. The minimum atomic E-state index is -1.12. The highest BCUT2D eigenvalue weighted by Crippen LogP contribution is 2.20. The maximum absolute atomic E-state index is 11.7. The number of halogens is 1. The number of benzene rings is 1. The van der Waals surface area contributed by atoms with Crippen LogP contribution in [-0.4, -0.2) is 28.3 Å². The molecular weight excluding hydrogens is 302 g/mol. The lowest BCUT2D eigenvalue weighted by molar-refractivity contribution is -0.384. The quantitative estimate of drug-likeness (QED) is 0.365. The van der Waals surface area contributed by atoms with Crippen molar-refractivity contribution in [2.75, 3.05) is 10.9 Å². The van der Waals surface area contributed by atoms with E-state index in [0.29, 0.717) is 5.01 Å². The molecule has 1 aromatic rings. The van der Waals surface area contributed by atoms with Crippen LogP contribution in [0.5, 0.6) is 0 Å². The summed E-state index contributed by atoms with van der Waals surface area (Å²) in [6.07, 6.45) is 0. The van der Waals surface area contributed by atoms with E-state index in [-0.39, 0.29) is 11.4 Å². The number of amides is 2. The van der Waals surface area contributed by atoms with E-state index in [1.165, 1.54) is 18.2 Å². The van der Waals surface area contributed by atoms with Gasteiger partial charge in [0, 0.05) is 12.1 Å². The molecule has 21 heavy (non-hydrogen) atoms. The lowest BCUT2D eigenvalue weighted by Gasteiger charge is -2.15. The van der Waals surface area contributed by atoms with Gasteiger partial charge in [-0.25, -0.2) is 0 Å². The van der Waals surface area contributed by atoms with Crippen LogP contribution in [0.2, 0.25) is 0 Å². The van der Waals surface area contributed by atoms with Crippen molar-refractivity contribution in [2.24, 2.45) is 10.8 Å². The number of nitriles is 1. The van der Waals surface area contributed by atoms with Crippen molar-refractivity contribution >= 4 is 40.5 Å². The number of alkyl halides is 1. The van der Waals surface area contributed by atoms with E-state index in [9.17, 15) is 19.7 Å². The molecule has 2 N–H and O–H groups in total. The van der Waals surface area contributed by atoms with Crippen LogP contribution in [0.25, 0.3) is 0 Å². The van der Waals surface area contributed by atoms with E-state index in [1.807, 2.05) is 0 Å². The molecule has 0 heterocycles. The second kappa shape index (κ2) is 6.97. The molecule has 0 aliphatic heterocycles. The van der Waals surface area contributed by atoms with Crippen LogP contribution in [-0.2, 0) is 9.59 Å². The Morgan fingerprint density at radius 3 is 2.38 bits per heavy atom. The van der Waals surface area contributed by atoms with Crippen molar-refractivity contribution < 1.29 is 14.5 Å². The van der Waals surface area contributed by atoms with Crippen molar-refractivity contribution in [1.29, 1.82) is 5.26 Å². The molecule has 1 rings (SSSR count). The number of carbonyl (C=O) groups excluding carboxylic acids is 2. The third-order valence-corrected chi connectivity index (χ3v) is 2.42. The van der Waals surface area contributed by atoms with Gasteiger partial charge in [0.2, 0.25) is 5.71 Å². The molecule has 0 saturated heterocycles. The van der Waals surface area contributed by atoms with Gasteiger partial charge in [-0.3, -0.25) is 19.7 Å². The highest BCUT2D eigenvalue weighted by atomic mass is 35.5. The molecule has 108 valence electrons. The predicted molar refractivity (Wildman–Crippen MR) is 73.5 cm³/mol. The van der Waals surface area contributed by atoms with Crippen molar-refractivity contribution in [2.45, 2.75) is 0 Å². The smallest absolute Gasteiger partial charge is 0.280 e. The number of hydrogen-bond donors (Lipinski definition) is 1. The monoisotopic (exact) mass is 309 g/mol. The summed E-state index contributed by atoms with van der Waals surface area (Å²) in [5.74, 6) is -2.33. The van der Waals surface area contributed by atoms with Gasteiger partial charge < -0.3 is 5.73 Å². The first-order valence-corrected chi connectivity index (χ1v) is 5.86. The van der Waals surface area contributed by atoms with Crippen LogP contribution in [0.4, 0.5) is 11.4 Å². The molecule has 9 nitrogen and oxygen atoms in total. The van der Waals surface area contributed by atoms with Gasteiger partial charge in [-0.05, 0) is 12.1 Å². The van der Waals surface area contributed by atoms with Gasteiger partial charge in [-0.1, -0.05) is 0 Å². The number of nitrogens with two attached hydrogens (primary N) is 1. The minimum absolute atomic E-state index is 0.0975. The standard InChI is InChI=1S/C11H8ClN5O4/c12-5-10(18)16(15-9(6-13)11(14)19)7-1-3-8(4-2-7)17(20)21/h1-4H,5H2,(H2,14,19). The number of primary amides is 1. The number of anilines is 1. The fourth-order valence-electron chi connectivity index (χ4n) is 1.26. The lowest BCUT2D eigenvalue weighted by atomic mass is 10.3. The summed E-state index contributed by atoms with van der Waals surface area (Å²) >= 11 is 5.42. The van der Waals surface area contributed by atoms with Crippen LogP contribution in [0, 0.1) is 21.4 Å². The van der Waals surface area contributed by atoms with E-state index >= 15 is 0 Å². The average Bonchev–Trinajstić information content (AvgIpc) is 2.47. The molecular formula is C11H8ClN5O4. The Bertz CT molecular complexity index is 650. The molecule has 0 spiro atoms. The summed E-state index contributed by atoms with van der Waals surface area (Å²) in [4.78, 5) is 32.6. The van der Waals surface area contributed by atoms with Crippen LogP contribution in [0.3, 0.4) is 0 Å². The van der Waals surface area contributed by atoms with Crippen LogP contribution < -0.4 is 10.7 Å². The maximum Gasteiger partial charge on any atom is 0.280 e. The first-order chi connectivity index (χ1) is 9.90. The third kappa shape index (κ3) is 3.99. The van der Waals surface area contributed by atoms with Crippen LogP contribution in [0.1, 0.15) is 0 Å². The molecule has 0 aliphatic rings. The average molecular weight is 310 g/mol. The lowest BCUT2D eigenvalue weighted by Crippen LogP contribution is -2.31. The van der Waals surface area contributed by atoms with Crippen molar-refractivity contribution in [3.8, 4) is 6.07 Å². The third-order valence-electron chi connectivity index (χ3n) is 2.19. The zero-order valence-electron chi connectivity index (χ0n) is 10.4. The highest BCUT2D eigenvalue weighted by Gasteiger charge is 2.18. The Labute approximate surface area is 123 Å². The number of hydrazone groups is 1. The summed E-state index contributed by atoms with van der Waals surface area (Å²) in [6, 6.07) is 6.16. The van der Waals surface area contributed by atoms with Crippen molar-refractivity contribution in [3.63, 3.8) is 0 Å².